The van der Waals surface area contributed by atoms with Gasteiger partial charge in [0.15, 0.2) is 11.1 Å². The molecule has 2 amide bonds. The van der Waals surface area contributed by atoms with Crippen LogP contribution < -0.4 is 5.11 Å². The van der Waals surface area contributed by atoms with Gasteiger partial charge in [-0.2, -0.15) is 0 Å². The number of rotatable bonds is 0. The molecule has 0 unspecified atom stereocenters. The fourth-order valence-corrected chi connectivity index (χ4v) is 2.41. The van der Waals surface area contributed by atoms with Crippen molar-refractivity contribution in [3.63, 3.8) is 0 Å². The van der Waals surface area contributed by atoms with Crippen LogP contribution in [0.2, 0.25) is 0 Å². The quantitative estimate of drug-likeness (QED) is 0.407. The first-order chi connectivity index (χ1) is 6.20. The van der Waals surface area contributed by atoms with E-state index in [4.69, 9.17) is 0 Å². The molecule has 5 nitrogen and oxygen atoms in total. The highest BCUT2D eigenvalue weighted by Gasteiger charge is 2.88. The van der Waals surface area contributed by atoms with Crippen molar-refractivity contribution in [2.45, 2.75) is 38.8 Å². The van der Waals surface area contributed by atoms with Crippen molar-refractivity contribution in [3.8, 4) is 0 Å². The molecule has 0 aliphatic carbocycles. The lowest BCUT2D eigenvalue weighted by Gasteiger charge is -2.12. The molecule has 0 aromatic carbocycles. The van der Waals surface area contributed by atoms with E-state index in [1.165, 1.54) is 7.05 Å². The molecule has 1 spiro atoms. The van der Waals surface area contributed by atoms with Gasteiger partial charge < -0.3 is 5.11 Å². The van der Waals surface area contributed by atoms with E-state index in [1.54, 1.807) is 0 Å². The molecular formula is C9H15N3O2. The summed E-state index contributed by atoms with van der Waals surface area (Å²) in [6.07, 6.45) is 0. The number of carbonyl (C=O) groups is 1. The van der Waals surface area contributed by atoms with E-state index in [2.05, 4.69) is 5.10 Å². The lowest BCUT2D eigenvalue weighted by Crippen LogP contribution is -2.41. The zero-order valence-corrected chi connectivity index (χ0v) is 9.16. The van der Waals surface area contributed by atoms with Crippen molar-refractivity contribution < 1.29 is 14.5 Å². The van der Waals surface area contributed by atoms with E-state index >= 15 is 0 Å². The molecule has 2 heterocycles. The number of carbonyl (C=O) groups excluding carboxylic acids is 1. The van der Waals surface area contributed by atoms with Crippen LogP contribution >= 0.6 is 0 Å². The van der Waals surface area contributed by atoms with Gasteiger partial charge in [-0.1, -0.05) is 9.69 Å². The normalized spacial score (nSPS) is 30.8. The summed E-state index contributed by atoms with van der Waals surface area (Å²) in [4.78, 5) is 13.0. The highest BCUT2D eigenvalue weighted by atomic mass is 16.3. The van der Waals surface area contributed by atoms with Gasteiger partial charge in [-0.25, -0.2) is 4.79 Å². The van der Waals surface area contributed by atoms with Gasteiger partial charge in [-0.15, -0.1) is 0 Å². The Morgan fingerprint density at radius 1 is 1.29 bits per heavy atom. The lowest BCUT2D eigenvalue weighted by atomic mass is 10.0. The Labute approximate surface area is 83.2 Å². The van der Waals surface area contributed by atoms with Gasteiger partial charge in [0.2, 0.25) is 0 Å². The van der Waals surface area contributed by atoms with E-state index in [-0.39, 0.29) is 21.7 Å². The highest BCUT2D eigenvalue weighted by Crippen LogP contribution is 2.62. The van der Waals surface area contributed by atoms with E-state index < -0.39 is 6.02 Å². The number of amides is 2. The molecule has 14 heavy (non-hydrogen) atoms. The number of nitrogens with zero attached hydrogens (tertiary/aromatic N) is 3. The van der Waals surface area contributed by atoms with E-state index in [9.17, 15) is 9.90 Å². The number of quaternary nitrogens is 1. The monoisotopic (exact) mass is 197 g/mol. The number of hydrogen-bond acceptors (Lipinski definition) is 3. The van der Waals surface area contributed by atoms with E-state index in [0.29, 0.717) is 0 Å². The van der Waals surface area contributed by atoms with Gasteiger partial charge in [-0.3, -0.25) is 4.90 Å². The second kappa shape index (κ2) is 1.95. The Balaban J connectivity index is 2.54. The van der Waals surface area contributed by atoms with Crippen LogP contribution in [0.5, 0.6) is 0 Å². The third-order valence-electron chi connectivity index (χ3n) is 4.15. The fourth-order valence-electron chi connectivity index (χ4n) is 2.41. The molecule has 5 heteroatoms. The maximum atomic E-state index is 11.9. The molecule has 1 fully saturated rings. The molecule has 0 aromatic heterocycles. The van der Waals surface area contributed by atoms with Gasteiger partial charge in [0.25, 0.3) is 0 Å². The summed E-state index contributed by atoms with van der Waals surface area (Å²) in [5.74, 6) is 0. The maximum absolute atomic E-state index is 11.9. The standard InChI is InChI=1S/C9H15N3O2/c1-8(2)9(3,4)12(8)7(14)11(5)6(13)10-12/h1-5H3. The van der Waals surface area contributed by atoms with E-state index in [1.807, 2.05) is 27.7 Å². The summed E-state index contributed by atoms with van der Waals surface area (Å²) < 4.78 is -0.0741. The smallest absolute Gasteiger partial charge is 0.451 e. The topological polar surface area (TPSA) is 55.7 Å². The highest BCUT2D eigenvalue weighted by molar-refractivity contribution is 5.92. The summed E-state index contributed by atoms with van der Waals surface area (Å²) in [5, 5.41) is 15.3. The van der Waals surface area contributed by atoms with Crippen molar-refractivity contribution in [1.82, 2.24) is 4.90 Å². The SMILES string of the molecule is CN1C(=O)[N+]2(N=C1[O-])C(C)(C)C2(C)C. The minimum Gasteiger partial charge on any atom is -0.842 e. The Bertz CT molecular complexity index is 343. The van der Waals surface area contributed by atoms with Crippen molar-refractivity contribution in [3.05, 3.63) is 0 Å². The molecule has 2 aliphatic rings. The largest absolute Gasteiger partial charge is 0.842 e. The number of amidine groups is 1. The minimum absolute atomic E-state index is 0.0741. The van der Waals surface area contributed by atoms with Crippen LogP contribution in [0.1, 0.15) is 27.7 Å². The first-order valence-corrected chi connectivity index (χ1v) is 4.65. The number of urea groups is 1. The Morgan fingerprint density at radius 2 is 1.71 bits per heavy atom. The first-order valence-electron chi connectivity index (χ1n) is 4.65. The van der Waals surface area contributed by atoms with Crippen molar-refractivity contribution >= 4 is 12.1 Å². The Kier molecular flexibility index (Phi) is 1.32. The predicted octanol–water partition coefficient (Wildman–Crippen LogP) is 0.0707. The molecule has 78 valence electrons. The van der Waals surface area contributed by atoms with Crippen molar-refractivity contribution in [2.75, 3.05) is 7.05 Å². The third kappa shape index (κ3) is 0.580. The molecule has 0 radical (unpaired) electrons. The van der Waals surface area contributed by atoms with Crippen LogP contribution in [0, 0.1) is 0 Å². The predicted molar refractivity (Wildman–Crippen MR) is 49.0 cm³/mol. The van der Waals surface area contributed by atoms with Gasteiger partial charge in [0, 0.05) is 7.05 Å². The zero-order chi connectivity index (χ0) is 10.9. The third-order valence-corrected chi connectivity index (χ3v) is 4.15. The molecular weight excluding hydrogens is 182 g/mol. The molecule has 2 rings (SSSR count). The second-order valence-electron chi connectivity index (χ2n) is 4.98. The maximum Gasteiger partial charge on any atom is 0.451 e. The van der Waals surface area contributed by atoms with E-state index in [0.717, 1.165) is 4.90 Å². The van der Waals surface area contributed by atoms with Crippen molar-refractivity contribution in [1.29, 1.82) is 0 Å². The van der Waals surface area contributed by atoms with Crippen LogP contribution in [0.15, 0.2) is 5.10 Å². The van der Waals surface area contributed by atoms with Gasteiger partial charge >= 0.3 is 6.03 Å². The Hall–Kier alpha value is -1.10. The summed E-state index contributed by atoms with van der Waals surface area (Å²) >= 11 is 0. The minimum atomic E-state index is -0.436. The Morgan fingerprint density at radius 3 is 1.86 bits per heavy atom. The average Bonchev–Trinajstić information content (AvgIpc) is 2.32. The summed E-state index contributed by atoms with van der Waals surface area (Å²) in [7, 11) is 1.48. The zero-order valence-electron chi connectivity index (χ0n) is 9.16. The molecule has 0 atom stereocenters. The molecule has 1 saturated heterocycles. The van der Waals surface area contributed by atoms with Gasteiger partial charge in [-0.05, 0) is 27.7 Å². The molecule has 0 N–H and O–H groups in total. The number of hydrogen-bond donors (Lipinski definition) is 0. The summed E-state index contributed by atoms with van der Waals surface area (Å²) in [6.45, 7) is 7.84. The fraction of sp³-hybridized carbons (Fsp3) is 0.778. The molecule has 0 saturated carbocycles. The molecule has 0 aromatic rings. The second-order valence-corrected chi connectivity index (χ2v) is 4.98. The van der Waals surface area contributed by atoms with Crippen LogP contribution in [-0.2, 0) is 0 Å². The molecule has 0 bridgehead atoms. The van der Waals surface area contributed by atoms with Crippen LogP contribution in [-0.4, -0.2) is 39.7 Å². The van der Waals surface area contributed by atoms with Gasteiger partial charge in [0.05, 0.1) is 0 Å². The van der Waals surface area contributed by atoms with Crippen LogP contribution in [0.3, 0.4) is 0 Å². The lowest BCUT2D eigenvalue weighted by molar-refractivity contribution is -0.773. The van der Waals surface area contributed by atoms with Gasteiger partial charge in [0.1, 0.15) is 6.02 Å². The van der Waals surface area contributed by atoms with Crippen molar-refractivity contribution in [2.24, 2.45) is 5.10 Å². The first kappa shape index (κ1) is 9.45. The molecule has 2 aliphatic heterocycles. The average molecular weight is 197 g/mol. The summed E-state index contributed by atoms with van der Waals surface area (Å²) in [6, 6.07) is -0.654. The summed E-state index contributed by atoms with van der Waals surface area (Å²) in [5.41, 5.74) is -0.574. The van der Waals surface area contributed by atoms with Crippen LogP contribution in [0.4, 0.5) is 4.79 Å². The van der Waals surface area contributed by atoms with Crippen LogP contribution in [0.25, 0.3) is 0 Å².